The molecule has 8 nitrogen and oxygen atoms in total. The fourth-order valence-electron chi connectivity index (χ4n) is 5.25. The van der Waals surface area contributed by atoms with Gasteiger partial charge in [-0.15, -0.1) is 11.3 Å². The molecule has 1 amide bonds. The Morgan fingerprint density at radius 1 is 1.09 bits per heavy atom. The van der Waals surface area contributed by atoms with Gasteiger partial charge in [-0.1, -0.05) is 12.0 Å². The Bertz CT molecular complexity index is 1790. The van der Waals surface area contributed by atoms with Crippen LogP contribution in [0.25, 0.3) is 21.5 Å². The first-order valence-corrected chi connectivity index (χ1v) is 15.1. The summed E-state index contributed by atoms with van der Waals surface area (Å²) in [4.78, 5) is 18.0. The van der Waals surface area contributed by atoms with Gasteiger partial charge >= 0.3 is 0 Å². The molecule has 0 radical (unpaired) electrons. The number of carbonyl (C=O) groups excluding carboxylic acids is 1. The zero-order valence-corrected chi connectivity index (χ0v) is 24.9. The number of aromatic hydroxyl groups is 1. The highest BCUT2D eigenvalue weighted by Gasteiger charge is 2.19. The molecule has 0 bridgehead atoms. The van der Waals surface area contributed by atoms with E-state index in [0.29, 0.717) is 29.3 Å². The van der Waals surface area contributed by atoms with Gasteiger partial charge in [0.15, 0.2) is 10.8 Å². The van der Waals surface area contributed by atoms with E-state index >= 15 is 0 Å². The third kappa shape index (κ3) is 6.51. The molecular weight excluding hydrogens is 558 g/mol. The van der Waals surface area contributed by atoms with Crippen molar-refractivity contribution in [2.45, 2.75) is 25.3 Å². The molecule has 1 fully saturated rings. The Hall–Kier alpha value is -4.78. The van der Waals surface area contributed by atoms with Gasteiger partial charge in [-0.3, -0.25) is 4.79 Å². The van der Waals surface area contributed by atoms with Crippen molar-refractivity contribution in [2.24, 2.45) is 0 Å². The average molecular weight is 592 g/mol. The number of aromatic nitrogens is 1. The van der Waals surface area contributed by atoms with Crippen molar-refractivity contribution in [1.29, 1.82) is 0 Å². The zero-order chi connectivity index (χ0) is 29.8. The van der Waals surface area contributed by atoms with Gasteiger partial charge in [0.1, 0.15) is 5.75 Å². The number of nitrogens with zero attached hydrogens (tertiary/aromatic N) is 2. The molecule has 1 aliphatic heterocycles. The molecule has 218 valence electrons. The van der Waals surface area contributed by atoms with Crippen LogP contribution in [0.2, 0.25) is 0 Å². The topological polar surface area (TPSA) is 103 Å². The van der Waals surface area contributed by atoms with E-state index in [-0.39, 0.29) is 11.7 Å². The summed E-state index contributed by atoms with van der Waals surface area (Å²) >= 11 is 1.50. The average Bonchev–Trinajstić information content (AvgIpc) is 3.72. The standard InChI is InChI=1S/C34H33N5O3S/c1-39(2)31(40)10-4-23-19-22-3-5-28(38-26-8-6-25(7-9-26)37-27-11-14-35-15-12-27)21-29(22)30(32(23)41)20-24-13-17-42-33(24)34-36-16-18-43-34/h3,5-9,13,16-19,21,27,35,37-38,41H,11-12,14-15,20H2,1-2H3. The Labute approximate surface area is 254 Å². The van der Waals surface area contributed by atoms with Gasteiger partial charge < -0.3 is 30.4 Å². The number of hydrogen-bond donors (Lipinski definition) is 4. The minimum absolute atomic E-state index is 0.0448. The zero-order valence-electron chi connectivity index (χ0n) is 24.1. The molecule has 3 aromatic carbocycles. The first kappa shape index (κ1) is 28.3. The number of hydrogen-bond acceptors (Lipinski definition) is 8. The van der Waals surface area contributed by atoms with Crippen LogP contribution in [0.4, 0.5) is 17.1 Å². The third-order valence-electron chi connectivity index (χ3n) is 7.55. The lowest BCUT2D eigenvalue weighted by Gasteiger charge is -2.24. The summed E-state index contributed by atoms with van der Waals surface area (Å²) in [6.07, 6.45) is 6.02. The monoisotopic (exact) mass is 591 g/mol. The van der Waals surface area contributed by atoms with Crippen molar-refractivity contribution < 1.29 is 14.3 Å². The summed E-state index contributed by atoms with van der Waals surface area (Å²) in [6.45, 7) is 2.10. The normalized spacial score (nSPS) is 13.3. The molecule has 1 saturated heterocycles. The van der Waals surface area contributed by atoms with Gasteiger partial charge in [-0.25, -0.2) is 4.98 Å². The van der Waals surface area contributed by atoms with Gasteiger partial charge in [0.05, 0.1) is 11.8 Å². The molecule has 0 atom stereocenters. The third-order valence-corrected chi connectivity index (χ3v) is 8.33. The molecule has 1 aliphatic rings. The highest BCUT2D eigenvalue weighted by atomic mass is 32.1. The molecule has 0 aliphatic carbocycles. The molecule has 0 unspecified atom stereocenters. The van der Waals surface area contributed by atoms with Crippen molar-refractivity contribution in [1.82, 2.24) is 15.2 Å². The predicted octanol–water partition coefficient (Wildman–Crippen LogP) is 6.20. The number of phenols is 1. The Morgan fingerprint density at radius 3 is 2.60 bits per heavy atom. The Morgan fingerprint density at radius 2 is 1.86 bits per heavy atom. The molecular formula is C34H33N5O3S. The second-order valence-corrected chi connectivity index (χ2v) is 11.7. The largest absolute Gasteiger partial charge is 0.506 e. The van der Waals surface area contributed by atoms with Crippen molar-refractivity contribution in [3.05, 3.63) is 89.1 Å². The van der Waals surface area contributed by atoms with Crippen LogP contribution in [0.1, 0.15) is 29.5 Å². The molecule has 4 N–H and O–H groups in total. The number of amides is 1. The van der Waals surface area contributed by atoms with Crippen LogP contribution < -0.4 is 16.0 Å². The molecule has 0 saturated carbocycles. The Balaban J connectivity index is 1.33. The second kappa shape index (κ2) is 12.6. The summed E-state index contributed by atoms with van der Waals surface area (Å²) in [6, 6.07) is 18.6. The highest BCUT2D eigenvalue weighted by molar-refractivity contribution is 7.13. The van der Waals surface area contributed by atoms with Crippen LogP contribution in [0, 0.1) is 11.8 Å². The maximum absolute atomic E-state index is 12.2. The quantitative estimate of drug-likeness (QED) is 0.167. The first-order chi connectivity index (χ1) is 20.9. The summed E-state index contributed by atoms with van der Waals surface area (Å²) < 4.78 is 5.80. The molecule has 3 heterocycles. The van der Waals surface area contributed by atoms with Crippen LogP contribution in [0.15, 0.2) is 76.9 Å². The number of nitrogens with one attached hydrogen (secondary N) is 3. The van der Waals surface area contributed by atoms with Crippen LogP contribution in [-0.4, -0.2) is 54.1 Å². The van der Waals surface area contributed by atoms with Gasteiger partial charge in [0.25, 0.3) is 5.91 Å². The van der Waals surface area contributed by atoms with Gasteiger partial charge in [-0.2, -0.15) is 0 Å². The number of fused-ring (bicyclic) bond motifs is 1. The van der Waals surface area contributed by atoms with E-state index in [1.807, 2.05) is 35.7 Å². The molecule has 5 aromatic rings. The molecule has 6 rings (SSSR count). The summed E-state index contributed by atoms with van der Waals surface area (Å²) in [7, 11) is 3.30. The lowest BCUT2D eigenvalue weighted by atomic mass is 9.94. The number of benzene rings is 3. The minimum atomic E-state index is -0.335. The highest BCUT2D eigenvalue weighted by Crippen LogP contribution is 2.37. The van der Waals surface area contributed by atoms with Crippen LogP contribution in [0.5, 0.6) is 5.75 Å². The molecule has 2 aromatic heterocycles. The van der Waals surface area contributed by atoms with Gasteiger partial charge in [-0.05, 0) is 85.2 Å². The summed E-state index contributed by atoms with van der Waals surface area (Å²) in [5.41, 5.74) is 4.96. The van der Waals surface area contributed by atoms with Gasteiger partial charge in [0, 0.05) is 72.2 Å². The van der Waals surface area contributed by atoms with Crippen LogP contribution in [0.3, 0.4) is 0 Å². The number of phenolic OH excluding ortho intramolecular Hbond substituents is 1. The fourth-order valence-corrected chi connectivity index (χ4v) is 5.91. The number of carbonyl (C=O) groups is 1. The smallest absolute Gasteiger partial charge is 0.298 e. The van der Waals surface area contributed by atoms with E-state index in [9.17, 15) is 9.90 Å². The number of thiazole rings is 1. The van der Waals surface area contributed by atoms with E-state index in [2.05, 4.69) is 57.0 Å². The lowest BCUT2D eigenvalue weighted by molar-refractivity contribution is -0.122. The van der Waals surface area contributed by atoms with E-state index in [0.717, 1.165) is 64.3 Å². The summed E-state index contributed by atoms with van der Waals surface area (Å²) in [5.74, 6) is 5.90. The number of furan rings is 1. The number of rotatable bonds is 7. The van der Waals surface area contributed by atoms with Crippen molar-refractivity contribution in [3.8, 4) is 28.4 Å². The molecule has 0 spiro atoms. The fraction of sp³-hybridized carbons (Fsp3) is 0.235. The lowest BCUT2D eigenvalue weighted by Crippen LogP contribution is -2.35. The number of piperidine rings is 1. The molecule has 43 heavy (non-hydrogen) atoms. The van der Waals surface area contributed by atoms with Crippen molar-refractivity contribution in [3.63, 3.8) is 0 Å². The minimum Gasteiger partial charge on any atom is -0.506 e. The van der Waals surface area contributed by atoms with Crippen molar-refractivity contribution >= 4 is 45.1 Å². The van der Waals surface area contributed by atoms with E-state index < -0.39 is 0 Å². The SMILES string of the molecule is CN(C)C(=O)C#Cc1cc2ccc(Nc3ccc(NC4CCNCC4)cc3)cc2c(Cc2ccoc2-c2nccs2)c1O. The maximum atomic E-state index is 12.2. The number of anilines is 3. The van der Waals surface area contributed by atoms with Crippen molar-refractivity contribution in [2.75, 3.05) is 37.8 Å². The predicted molar refractivity (Wildman–Crippen MR) is 173 cm³/mol. The van der Waals surface area contributed by atoms with Crippen LogP contribution in [-0.2, 0) is 11.2 Å². The Kier molecular flexibility index (Phi) is 8.31. The maximum Gasteiger partial charge on any atom is 0.298 e. The van der Waals surface area contributed by atoms with E-state index in [1.165, 1.54) is 16.2 Å². The first-order valence-electron chi connectivity index (χ1n) is 14.3. The van der Waals surface area contributed by atoms with Gasteiger partial charge in [0.2, 0.25) is 0 Å². The van der Waals surface area contributed by atoms with E-state index in [4.69, 9.17) is 4.42 Å². The summed E-state index contributed by atoms with van der Waals surface area (Å²) in [5, 5.41) is 26.5. The van der Waals surface area contributed by atoms with E-state index in [1.54, 1.807) is 26.6 Å². The molecule has 9 heteroatoms. The second-order valence-electron chi connectivity index (χ2n) is 10.8. The van der Waals surface area contributed by atoms with Crippen LogP contribution >= 0.6 is 11.3 Å².